The van der Waals surface area contributed by atoms with Crippen molar-refractivity contribution in [2.24, 2.45) is 0 Å². The Bertz CT molecular complexity index is 440. The van der Waals surface area contributed by atoms with Crippen LogP contribution >= 0.6 is 11.6 Å². The molecule has 1 rings (SSSR count). The van der Waals surface area contributed by atoms with Crippen molar-refractivity contribution in [2.75, 3.05) is 21.3 Å². The zero-order valence-corrected chi connectivity index (χ0v) is 10.6. The molecule has 0 unspecified atom stereocenters. The molecule has 0 aliphatic heterocycles. The highest BCUT2D eigenvalue weighted by Gasteiger charge is 2.14. The third-order valence-corrected chi connectivity index (χ3v) is 2.25. The average molecular weight is 257 g/mol. The van der Waals surface area contributed by atoms with E-state index in [-0.39, 0.29) is 0 Å². The smallest absolute Gasteiger partial charge is 0.245 e. The summed E-state index contributed by atoms with van der Waals surface area (Å²) < 4.78 is 15.6. The van der Waals surface area contributed by atoms with Crippen LogP contribution in [0.3, 0.4) is 0 Å². The third kappa shape index (κ3) is 3.14. The van der Waals surface area contributed by atoms with Gasteiger partial charge in [0.05, 0.1) is 21.3 Å². The summed E-state index contributed by atoms with van der Waals surface area (Å²) in [6.45, 7) is 0. The van der Waals surface area contributed by atoms with Gasteiger partial charge in [0.2, 0.25) is 11.0 Å². The van der Waals surface area contributed by atoms with Crippen molar-refractivity contribution in [2.45, 2.75) is 0 Å². The van der Waals surface area contributed by atoms with Gasteiger partial charge in [-0.1, -0.05) is 0 Å². The minimum Gasteiger partial charge on any atom is -0.493 e. The van der Waals surface area contributed by atoms with Crippen molar-refractivity contribution >= 4 is 22.9 Å². The molecule has 0 spiro atoms. The van der Waals surface area contributed by atoms with E-state index in [0.29, 0.717) is 22.8 Å². The summed E-state index contributed by atoms with van der Waals surface area (Å²) in [5.41, 5.74) is 0.680. The molecular formula is C12H13ClO4. The number of carbonyl (C=O) groups excluding carboxylic acids is 1. The maximum atomic E-state index is 10.7. The Labute approximate surface area is 105 Å². The summed E-state index contributed by atoms with van der Waals surface area (Å²) in [4.78, 5) is 10.7. The molecular weight excluding hydrogens is 244 g/mol. The van der Waals surface area contributed by atoms with E-state index < -0.39 is 5.24 Å². The molecule has 0 amide bonds. The fourth-order valence-electron chi connectivity index (χ4n) is 1.41. The number of methoxy groups -OCH3 is 3. The first kappa shape index (κ1) is 13.4. The van der Waals surface area contributed by atoms with Crippen LogP contribution in [0.2, 0.25) is 0 Å². The molecule has 0 saturated carbocycles. The molecule has 0 fully saturated rings. The second-order valence-electron chi connectivity index (χ2n) is 3.06. The SMILES string of the molecule is COc1ccc(C=CC(=O)Cl)c(OC)c1OC. The second-order valence-corrected chi connectivity index (χ2v) is 3.43. The number of carbonyl (C=O) groups is 1. The van der Waals surface area contributed by atoms with Gasteiger partial charge < -0.3 is 14.2 Å². The second kappa shape index (κ2) is 6.15. The van der Waals surface area contributed by atoms with Gasteiger partial charge >= 0.3 is 0 Å². The van der Waals surface area contributed by atoms with Crippen LogP contribution in [-0.2, 0) is 4.79 Å². The van der Waals surface area contributed by atoms with Crippen molar-refractivity contribution in [1.29, 1.82) is 0 Å². The largest absolute Gasteiger partial charge is 0.493 e. The van der Waals surface area contributed by atoms with E-state index >= 15 is 0 Å². The Balaban J connectivity index is 3.28. The number of ether oxygens (including phenoxy) is 3. The monoisotopic (exact) mass is 256 g/mol. The van der Waals surface area contributed by atoms with Gasteiger partial charge in [-0.2, -0.15) is 0 Å². The van der Waals surface area contributed by atoms with Gasteiger partial charge in [0, 0.05) is 5.56 Å². The molecule has 0 saturated heterocycles. The summed E-state index contributed by atoms with van der Waals surface area (Å²) in [6, 6.07) is 3.47. The van der Waals surface area contributed by atoms with E-state index in [1.54, 1.807) is 18.2 Å². The van der Waals surface area contributed by atoms with Gasteiger partial charge in [0.15, 0.2) is 11.5 Å². The van der Waals surface area contributed by atoms with Crippen molar-refractivity contribution in [3.63, 3.8) is 0 Å². The Hall–Kier alpha value is -1.68. The first-order valence-electron chi connectivity index (χ1n) is 4.80. The van der Waals surface area contributed by atoms with Crippen LogP contribution in [0, 0.1) is 0 Å². The van der Waals surface area contributed by atoms with Gasteiger partial charge in [-0.25, -0.2) is 0 Å². The van der Waals surface area contributed by atoms with Crippen molar-refractivity contribution in [3.05, 3.63) is 23.8 Å². The molecule has 92 valence electrons. The minimum absolute atomic E-state index is 0.471. The fourth-order valence-corrected chi connectivity index (χ4v) is 1.47. The summed E-state index contributed by atoms with van der Waals surface area (Å²) in [6.07, 6.45) is 2.79. The molecule has 0 radical (unpaired) electrons. The highest BCUT2D eigenvalue weighted by molar-refractivity contribution is 6.66. The lowest BCUT2D eigenvalue weighted by molar-refractivity contribution is -0.107. The average Bonchev–Trinajstić information content (AvgIpc) is 2.34. The number of allylic oxidation sites excluding steroid dienone is 1. The summed E-state index contributed by atoms with van der Waals surface area (Å²) >= 11 is 5.23. The normalized spacial score (nSPS) is 10.4. The Morgan fingerprint density at radius 3 is 2.24 bits per heavy atom. The number of hydrogen-bond donors (Lipinski definition) is 0. The van der Waals surface area contributed by atoms with E-state index in [1.807, 2.05) is 0 Å². The lowest BCUT2D eigenvalue weighted by Gasteiger charge is -2.13. The number of benzene rings is 1. The first-order chi connectivity index (χ1) is 8.13. The van der Waals surface area contributed by atoms with E-state index in [1.165, 1.54) is 27.4 Å². The van der Waals surface area contributed by atoms with Crippen LogP contribution in [-0.4, -0.2) is 26.6 Å². The summed E-state index contributed by atoms with van der Waals surface area (Å²) in [5, 5.41) is -0.554. The van der Waals surface area contributed by atoms with Crippen LogP contribution < -0.4 is 14.2 Å². The maximum absolute atomic E-state index is 10.7. The van der Waals surface area contributed by atoms with Gasteiger partial charge in [-0.15, -0.1) is 0 Å². The van der Waals surface area contributed by atoms with Gasteiger partial charge in [0.25, 0.3) is 0 Å². The van der Waals surface area contributed by atoms with Crippen LogP contribution in [0.5, 0.6) is 17.2 Å². The molecule has 0 aromatic heterocycles. The van der Waals surface area contributed by atoms with E-state index in [0.717, 1.165) is 0 Å². The van der Waals surface area contributed by atoms with Crippen LogP contribution in [0.15, 0.2) is 18.2 Å². The van der Waals surface area contributed by atoms with Gasteiger partial charge in [-0.3, -0.25) is 4.79 Å². The minimum atomic E-state index is -0.554. The Kier molecular flexibility index (Phi) is 4.84. The highest BCUT2D eigenvalue weighted by atomic mass is 35.5. The fraction of sp³-hybridized carbons (Fsp3) is 0.250. The lowest BCUT2D eigenvalue weighted by atomic mass is 10.1. The predicted molar refractivity (Wildman–Crippen MR) is 66.0 cm³/mol. The molecule has 5 heteroatoms. The van der Waals surface area contributed by atoms with E-state index in [4.69, 9.17) is 25.8 Å². The highest BCUT2D eigenvalue weighted by Crippen LogP contribution is 2.40. The maximum Gasteiger partial charge on any atom is 0.245 e. The molecule has 0 atom stereocenters. The third-order valence-electron chi connectivity index (χ3n) is 2.13. The van der Waals surface area contributed by atoms with E-state index in [9.17, 15) is 4.79 Å². The van der Waals surface area contributed by atoms with Crippen LogP contribution in [0.4, 0.5) is 0 Å². The van der Waals surface area contributed by atoms with Crippen LogP contribution in [0.1, 0.15) is 5.56 Å². The number of hydrogen-bond acceptors (Lipinski definition) is 4. The molecule has 4 nitrogen and oxygen atoms in total. The Morgan fingerprint density at radius 2 is 1.76 bits per heavy atom. The predicted octanol–water partition coefficient (Wildman–Crippen LogP) is 2.49. The molecule has 1 aromatic rings. The molecule has 0 heterocycles. The number of halogens is 1. The molecule has 1 aromatic carbocycles. The standard InChI is InChI=1S/C12H13ClO4/c1-15-9-6-4-8(5-7-10(13)14)11(16-2)12(9)17-3/h4-7H,1-3H3. The lowest BCUT2D eigenvalue weighted by Crippen LogP contribution is -1.96. The topological polar surface area (TPSA) is 44.8 Å². The van der Waals surface area contributed by atoms with Crippen molar-refractivity contribution in [1.82, 2.24) is 0 Å². The quantitative estimate of drug-likeness (QED) is 0.600. The molecule has 0 aliphatic carbocycles. The molecule has 0 N–H and O–H groups in total. The zero-order chi connectivity index (χ0) is 12.8. The number of rotatable bonds is 5. The van der Waals surface area contributed by atoms with Crippen molar-refractivity contribution < 1.29 is 19.0 Å². The van der Waals surface area contributed by atoms with E-state index in [2.05, 4.69) is 0 Å². The summed E-state index contributed by atoms with van der Waals surface area (Å²) in [7, 11) is 4.56. The first-order valence-corrected chi connectivity index (χ1v) is 5.18. The molecule has 0 aliphatic rings. The van der Waals surface area contributed by atoms with Crippen LogP contribution in [0.25, 0.3) is 6.08 Å². The summed E-state index contributed by atoms with van der Waals surface area (Å²) in [5.74, 6) is 1.51. The van der Waals surface area contributed by atoms with Crippen molar-refractivity contribution in [3.8, 4) is 17.2 Å². The molecule has 17 heavy (non-hydrogen) atoms. The Morgan fingerprint density at radius 1 is 1.12 bits per heavy atom. The zero-order valence-electron chi connectivity index (χ0n) is 9.82. The van der Waals surface area contributed by atoms with Gasteiger partial charge in [0.1, 0.15) is 0 Å². The van der Waals surface area contributed by atoms with Gasteiger partial charge in [-0.05, 0) is 35.9 Å². The molecule has 0 bridgehead atoms.